The first-order valence-corrected chi connectivity index (χ1v) is 7.07. The van der Waals surface area contributed by atoms with Gasteiger partial charge in [-0.2, -0.15) is 5.26 Å². The Kier molecular flexibility index (Phi) is 3.64. The number of nitriles is 1. The van der Waals surface area contributed by atoms with E-state index in [2.05, 4.69) is 9.97 Å². The minimum Gasteiger partial charge on any atom is -0.424 e. The fourth-order valence-electron chi connectivity index (χ4n) is 2.44. The fourth-order valence-corrected chi connectivity index (χ4v) is 2.95. The molecule has 2 heterocycles. The molecule has 0 bridgehead atoms. The van der Waals surface area contributed by atoms with E-state index in [1.807, 2.05) is 6.07 Å². The number of benzene rings is 1. The van der Waals surface area contributed by atoms with Crippen molar-refractivity contribution < 1.29 is 4.74 Å². The molecule has 0 saturated heterocycles. The zero-order chi connectivity index (χ0) is 16.7. The van der Waals surface area contributed by atoms with Gasteiger partial charge >= 0.3 is 5.69 Å². The number of allylic oxidation sites excluding steroid dienone is 1. The lowest BCUT2D eigenvalue weighted by Gasteiger charge is -2.25. The summed E-state index contributed by atoms with van der Waals surface area (Å²) in [5, 5.41) is 10.0. The van der Waals surface area contributed by atoms with Gasteiger partial charge in [0.15, 0.2) is 0 Å². The summed E-state index contributed by atoms with van der Waals surface area (Å²) >= 11 is 12.1. The summed E-state index contributed by atoms with van der Waals surface area (Å²) in [7, 11) is 0. The monoisotopic (exact) mass is 350 g/mol. The number of nitrogens with two attached hydrogens (primary N) is 1. The molecule has 0 saturated carbocycles. The molecule has 1 aromatic carbocycles. The van der Waals surface area contributed by atoms with Crippen LogP contribution in [0.4, 0.5) is 0 Å². The third kappa shape index (κ3) is 2.48. The zero-order valence-electron chi connectivity index (χ0n) is 11.3. The predicted octanol–water partition coefficient (Wildman–Crippen LogP) is 1.59. The van der Waals surface area contributed by atoms with Crippen molar-refractivity contribution in [2.45, 2.75) is 5.92 Å². The van der Waals surface area contributed by atoms with Crippen LogP contribution in [0.15, 0.2) is 39.2 Å². The van der Waals surface area contributed by atoms with Crippen LogP contribution in [-0.2, 0) is 0 Å². The molecule has 0 aliphatic carbocycles. The second-order valence-corrected chi connectivity index (χ2v) is 5.59. The Balaban J connectivity index is 2.36. The van der Waals surface area contributed by atoms with Gasteiger partial charge in [-0.3, -0.25) is 14.8 Å². The van der Waals surface area contributed by atoms with E-state index in [1.54, 1.807) is 12.1 Å². The van der Waals surface area contributed by atoms with Gasteiger partial charge in [0.2, 0.25) is 11.8 Å². The summed E-state index contributed by atoms with van der Waals surface area (Å²) in [6.45, 7) is 0. The lowest BCUT2D eigenvalue weighted by atomic mass is 9.85. The average molecular weight is 351 g/mol. The van der Waals surface area contributed by atoms with Gasteiger partial charge in [-0.25, -0.2) is 4.79 Å². The molecule has 116 valence electrons. The van der Waals surface area contributed by atoms with Crippen molar-refractivity contribution in [3.63, 3.8) is 0 Å². The Labute approximate surface area is 138 Å². The summed E-state index contributed by atoms with van der Waals surface area (Å²) < 4.78 is 5.20. The zero-order valence-corrected chi connectivity index (χ0v) is 12.8. The lowest BCUT2D eigenvalue weighted by Crippen LogP contribution is -2.33. The summed E-state index contributed by atoms with van der Waals surface area (Å²) in [4.78, 5) is 28.1. The molecule has 0 amide bonds. The van der Waals surface area contributed by atoms with E-state index in [0.717, 1.165) is 0 Å². The molecule has 1 aromatic heterocycles. The molecule has 1 aliphatic heterocycles. The smallest absolute Gasteiger partial charge is 0.328 e. The van der Waals surface area contributed by atoms with Crippen molar-refractivity contribution in [2.24, 2.45) is 5.73 Å². The number of nitrogens with zero attached hydrogens (tertiary/aromatic N) is 1. The van der Waals surface area contributed by atoms with Gasteiger partial charge in [0.05, 0.1) is 11.5 Å². The Morgan fingerprint density at radius 1 is 1.26 bits per heavy atom. The summed E-state index contributed by atoms with van der Waals surface area (Å²) in [5.41, 5.74) is 4.80. The highest BCUT2D eigenvalue weighted by Crippen LogP contribution is 2.41. The second-order valence-electron chi connectivity index (χ2n) is 4.74. The van der Waals surface area contributed by atoms with Crippen LogP contribution in [0.5, 0.6) is 5.88 Å². The van der Waals surface area contributed by atoms with E-state index in [1.165, 1.54) is 6.07 Å². The van der Waals surface area contributed by atoms with E-state index >= 15 is 0 Å². The maximum absolute atomic E-state index is 12.2. The third-order valence-electron chi connectivity index (χ3n) is 3.39. The van der Waals surface area contributed by atoms with E-state index in [0.29, 0.717) is 10.6 Å². The maximum atomic E-state index is 12.2. The number of fused-ring (bicyclic) bond motifs is 1. The van der Waals surface area contributed by atoms with Crippen LogP contribution >= 0.6 is 23.2 Å². The minimum atomic E-state index is -0.880. The van der Waals surface area contributed by atoms with Crippen molar-refractivity contribution in [1.82, 2.24) is 9.97 Å². The number of aromatic nitrogens is 2. The van der Waals surface area contributed by atoms with E-state index in [9.17, 15) is 14.9 Å². The SMILES string of the molecule is N#CC1=C(N)Oc2[nH]c(=O)[nH]c(=O)c2[C@@H]1c1ccc(Cl)cc1Cl. The molecular weight excluding hydrogens is 343 g/mol. The molecule has 1 aliphatic rings. The first-order chi connectivity index (χ1) is 10.9. The number of rotatable bonds is 1. The van der Waals surface area contributed by atoms with Crippen molar-refractivity contribution in [1.29, 1.82) is 5.26 Å². The first-order valence-electron chi connectivity index (χ1n) is 6.31. The molecule has 3 rings (SSSR count). The second kappa shape index (κ2) is 5.50. The normalized spacial score (nSPS) is 16.5. The van der Waals surface area contributed by atoms with Gasteiger partial charge in [-0.1, -0.05) is 29.3 Å². The fraction of sp³-hybridized carbons (Fsp3) is 0.0714. The van der Waals surface area contributed by atoms with Crippen LogP contribution in [0, 0.1) is 11.3 Å². The summed E-state index contributed by atoms with van der Waals surface area (Å²) in [6.07, 6.45) is 0. The lowest BCUT2D eigenvalue weighted by molar-refractivity contribution is 0.373. The van der Waals surface area contributed by atoms with E-state index in [4.69, 9.17) is 33.7 Å². The predicted molar refractivity (Wildman–Crippen MR) is 83.4 cm³/mol. The highest BCUT2D eigenvalue weighted by molar-refractivity contribution is 6.35. The van der Waals surface area contributed by atoms with Gasteiger partial charge in [-0.05, 0) is 17.7 Å². The average Bonchev–Trinajstić information content (AvgIpc) is 2.45. The number of aromatic amines is 2. The topological polar surface area (TPSA) is 125 Å². The van der Waals surface area contributed by atoms with E-state index < -0.39 is 17.2 Å². The number of hydrogen-bond donors (Lipinski definition) is 3. The number of hydrogen-bond acceptors (Lipinski definition) is 5. The Morgan fingerprint density at radius 2 is 2.00 bits per heavy atom. The van der Waals surface area contributed by atoms with Crippen molar-refractivity contribution in [3.8, 4) is 11.9 Å². The molecule has 9 heteroatoms. The molecule has 0 fully saturated rings. The van der Waals surface area contributed by atoms with Crippen LogP contribution < -0.4 is 21.7 Å². The molecule has 0 unspecified atom stereocenters. The van der Waals surface area contributed by atoms with Crippen molar-refractivity contribution >= 4 is 23.2 Å². The quantitative estimate of drug-likeness (QED) is 0.720. The summed E-state index contributed by atoms with van der Waals surface area (Å²) in [5.74, 6) is -1.21. The maximum Gasteiger partial charge on any atom is 0.328 e. The van der Waals surface area contributed by atoms with Crippen LogP contribution in [-0.4, -0.2) is 9.97 Å². The molecule has 4 N–H and O–H groups in total. The Morgan fingerprint density at radius 3 is 2.65 bits per heavy atom. The number of H-pyrrole nitrogens is 2. The van der Waals surface area contributed by atoms with Gasteiger partial charge in [-0.15, -0.1) is 0 Å². The molecule has 0 spiro atoms. The van der Waals surface area contributed by atoms with Crippen LogP contribution in [0.2, 0.25) is 10.0 Å². The molecule has 2 aromatic rings. The van der Waals surface area contributed by atoms with Gasteiger partial charge in [0.1, 0.15) is 11.6 Å². The minimum absolute atomic E-state index is 0.0132. The molecular formula is C14H8Cl2N4O3. The highest BCUT2D eigenvalue weighted by atomic mass is 35.5. The van der Waals surface area contributed by atoms with Crippen molar-refractivity contribution in [3.05, 3.63) is 71.7 Å². The highest BCUT2D eigenvalue weighted by Gasteiger charge is 2.35. The Bertz CT molecular complexity index is 1000. The van der Waals surface area contributed by atoms with Gasteiger partial charge < -0.3 is 10.5 Å². The van der Waals surface area contributed by atoms with Gasteiger partial charge in [0.25, 0.3) is 5.56 Å². The number of ether oxygens (including phenoxy) is 1. The molecule has 23 heavy (non-hydrogen) atoms. The largest absolute Gasteiger partial charge is 0.424 e. The van der Waals surface area contributed by atoms with Crippen LogP contribution in [0.25, 0.3) is 0 Å². The van der Waals surface area contributed by atoms with Crippen LogP contribution in [0.1, 0.15) is 17.0 Å². The van der Waals surface area contributed by atoms with Crippen LogP contribution in [0.3, 0.4) is 0 Å². The molecule has 0 radical (unpaired) electrons. The number of halogens is 2. The van der Waals surface area contributed by atoms with E-state index in [-0.39, 0.29) is 27.9 Å². The molecule has 1 atom stereocenters. The van der Waals surface area contributed by atoms with Crippen molar-refractivity contribution in [2.75, 3.05) is 0 Å². The Hall–Kier alpha value is -2.69. The standard InChI is InChI=1S/C14H8Cl2N4O3/c15-5-1-2-6(8(16)3-5)9-7(4-17)11(18)23-13-10(9)12(21)19-14(22)20-13/h1-3,9H,18H2,(H2,19,20,21,22)/t9-/m1/s1. The summed E-state index contributed by atoms with van der Waals surface area (Å²) in [6, 6.07) is 6.56. The molecule has 7 nitrogen and oxygen atoms in total. The third-order valence-corrected chi connectivity index (χ3v) is 3.95. The van der Waals surface area contributed by atoms with Gasteiger partial charge in [0, 0.05) is 10.0 Å². The number of nitrogens with one attached hydrogen (secondary N) is 2. The first kappa shape index (κ1) is 15.2.